The van der Waals surface area contributed by atoms with E-state index in [2.05, 4.69) is 17.2 Å². The third kappa shape index (κ3) is 3.77. The first kappa shape index (κ1) is 12.4. The second-order valence-corrected chi connectivity index (χ2v) is 4.05. The highest BCUT2D eigenvalue weighted by Gasteiger charge is 1.97. The van der Waals surface area contributed by atoms with Gasteiger partial charge in [0.25, 0.3) is 0 Å². The van der Waals surface area contributed by atoms with Crippen molar-refractivity contribution in [1.29, 1.82) is 0 Å². The molecule has 0 saturated heterocycles. The Labute approximate surface area is 108 Å². The zero-order valence-corrected chi connectivity index (χ0v) is 10.6. The summed E-state index contributed by atoms with van der Waals surface area (Å²) in [7, 11) is 0. The van der Waals surface area contributed by atoms with Crippen LogP contribution in [0.3, 0.4) is 0 Å². The Morgan fingerprint density at radius 2 is 2.11 bits per heavy atom. The van der Waals surface area contributed by atoms with Crippen molar-refractivity contribution in [1.82, 2.24) is 4.98 Å². The molecule has 0 amide bonds. The number of benzene rings is 1. The summed E-state index contributed by atoms with van der Waals surface area (Å²) in [5, 5.41) is 3.34. The molecule has 2 rings (SSSR count). The Bertz CT molecular complexity index is 471. The summed E-state index contributed by atoms with van der Waals surface area (Å²) in [4.78, 5) is 4.27. The molecule has 3 heteroatoms. The summed E-state index contributed by atoms with van der Waals surface area (Å²) in [6, 6.07) is 13.9. The lowest BCUT2D eigenvalue weighted by Gasteiger charge is -2.09. The van der Waals surface area contributed by atoms with E-state index in [1.165, 1.54) is 0 Å². The van der Waals surface area contributed by atoms with Crippen LogP contribution in [0.15, 0.2) is 48.7 Å². The van der Waals surface area contributed by atoms with Crippen molar-refractivity contribution >= 4 is 5.69 Å². The topological polar surface area (TPSA) is 34.1 Å². The van der Waals surface area contributed by atoms with Gasteiger partial charge in [0.15, 0.2) is 0 Å². The van der Waals surface area contributed by atoms with E-state index in [0.717, 1.165) is 36.7 Å². The van der Waals surface area contributed by atoms with E-state index in [-0.39, 0.29) is 0 Å². The van der Waals surface area contributed by atoms with E-state index in [4.69, 9.17) is 4.74 Å². The second kappa shape index (κ2) is 6.64. The fourth-order valence-electron chi connectivity index (χ4n) is 1.61. The second-order valence-electron chi connectivity index (χ2n) is 4.05. The molecule has 0 bridgehead atoms. The van der Waals surface area contributed by atoms with E-state index >= 15 is 0 Å². The van der Waals surface area contributed by atoms with Gasteiger partial charge in [-0.2, -0.15) is 0 Å². The van der Waals surface area contributed by atoms with Gasteiger partial charge in [0.1, 0.15) is 5.75 Å². The fraction of sp³-hybridized carbons (Fsp3) is 0.267. The van der Waals surface area contributed by atoms with Crippen LogP contribution < -0.4 is 10.1 Å². The molecule has 0 aliphatic heterocycles. The molecule has 0 fully saturated rings. The van der Waals surface area contributed by atoms with Gasteiger partial charge < -0.3 is 10.1 Å². The molecular weight excluding hydrogens is 224 g/mol. The minimum absolute atomic E-state index is 0.720. The molecule has 2 aromatic rings. The average Bonchev–Trinajstić information content (AvgIpc) is 2.44. The molecule has 3 nitrogen and oxygen atoms in total. The Morgan fingerprint density at radius 1 is 1.17 bits per heavy atom. The summed E-state index contributed by atoms with van der Waals surface area (Å²) >= 11 is 0. The number of anilines is 1. The number of ether oxygens (including phenoxy) is 1. The van der Waals surface area contributed by atoms with Crippen molar-refractivity contribution in [2.24, 2.45) is 0 Å². The van der Waals surface area contributed by atoms with E-state index < -0.39 is 0 Å². The lowest BCUT2D eigenvalue weighted by atomic mass is 10.3. The first-order valence-corrected chi connectivity index (χ1v) is 6.25. The number of nitrogens with one attached hydrogen (secondary N) is 1. The lowest BCUT2D eigenvalue weighted by molar-refractivity contribution is 0.317. The molecule has 0 aliphatic rings. The van der Waals surface area contributed by atoms with E-state index in [9.17, 15) is 0 Å². The smallest absolute Gasteiger partial charge is 0.121 e. The molecular formula is C15H18N2O. The van der Waals surface area contributed by atoms with Crippen LogP contribution in [0.5, 0.6) is 5.75 Å². The molecule has 0 saturated carbocycles. The Hall–Kier alpha value is -2.03. The summed E-state index contributed by atoms with van der Waals surface area (Å²) in [5.41, 5.74) is 2.08. The Morgan fingerprint density at radius 3 is 2.89 bits per heavy atom. The minimum atomic E-state index is 0.720. The molecule has 18 heavy (non-hydrogen) atoms. The van der Waals surface area contributed by atoms with Crippen molar-refractivity contribution in [3.8, 4) is 5.75 Å². The first-order valence-electron chi connectivity index (χ1n) is 6.25. The third-order valence-electron chi connectivity index (χ3n) is 2.51. The van der Waals surface area contributed by atoms with Crippen LogP contribution in [0.1, 0.15) is 19.0 Å². The van der Waals surface area contributed by atoms with Gasteiger partial charge in [0, 0.05) is 18.0 Å². The molecule has 94 valence electrons. The highest BCUT2D eigenvalue weighted by Crippen LogP contribution is 2.17. The maximum absolute atomic E-state index is 5.59. The number of rotatable bonds is 6. The largest absolute Gasteiger partial charge is 0.494 e. The van der Waals surface area contributed by atoms with E-state index in [1.807, 2.05) is 42.5 Å². The van der Waals surface area contributed by atoms with Gasteiger partial charge in [-0.25, -0.2) is 0 Å². The van der Waals surface area contributed by atoms with Gasteiger partial charge in [-0.15, -0.1) is 0 Å². The Kier molecular flexibility index (Phi) is 4.59. The number of hydrogen-bond acceptors (Lipinski definition) is 3. The van der Waals surface area contributed by atoms with Crippen molar-refractivity contribution in [2.75, 3.05) is 11.9 Å². The maximum Gasteiger partial charge on any atom is 0.121 e. The van der Waals surface area contributed by atoms with Crippen LogP contribution >= 0.6 is 0 Å². The van der Waals surface area contributed by atoms with Crippen LogP contribution in [-0.2, 0) is 6.54 Å². The molecule has 1 heterocycles. The highest BCUT2D eigenvalue weighted by molar-refractivity contribution is 5.48. The highest BCUT2D eigenvalue weighted by atomic mass is 16.5. The minimum Gasteiger partial charge on any atom is -0.494 e. The van der Waals surface area contributed by atoms with Gasteiger partial charge in [-0.3, -0.25) is 4.98 Å². The summed E-state index contributed by atoms with van der Waals surface area (Å²) in [6.45, 7) is 3.57. The quantitative estimate of drug-likeness (QED) is 0.842. The standard InChI is InChI=1S/C15H18N2O/c1-2-10-18-15-8-5-7-13(11-15)17-12-14-6-3-4-9-16-14/h3-9,11,17H,2,10,12H2,1H3. The van der Waals surface area contributed by atoms with Crippen molar-refractivity contribution in [3.05, 3.63) is 54.4 Å². The monoisotopic (exact) mass is 242 g/mol. The van der Waals surface area contributed by atoms with Gasteiger partial charge >= 0.3 is 0 Å². The van der Waals surface area contributed by atoms with Gasteiger partial charge in [-0.05, 0) is 30.7 Å². The van der Waals surface area contributed by atoms with Crippen LogP contribution in [-0.4, -0.2) is 11.6 Å². The third-order valence-corrected chi connectivity index (χ3v) is 2.51. The normalized spacial score (nSPS) is 10.1. The lowest BCUT2D eigenvalue weighted by Crippen LogP contribution is -2.01. The predicted molar refractivity (Wildman–Crippen MR) is 73.8 cm³/mol. The zero-order chi connectivity index (χ0) is 12.6. The first-order chi connectivity index (χ1) is 8.88. The van der Waals surface area contributed by atoms with Gasteiger partial charge in [-0.1, -0.05) is 19.1 Å². The zero-order valence-electron chi connectivity index (χ0n) is 10.6. The molecule has 0 unspecified atom stereocenters. The van der Waals surface area contributed by atoms with E-state index in [0.29, 0.717) is 0 Å². The summed E-state index contributed by atoms with van der Waals surface area (Å²) in [6.07, 6.45) is 2.82. The molecule has 1 aromatic heterocycles. The number of nitrogens with zero attached hydrogens (tertiary/aromatic N) is 1. The molecule has 1 N–H and O–H groups in total. The number of hydrogen-bond donors (Lipinski definition) is 1. The molecule has 0 atom stereocenters. The van der Waals surface area contributed by atoms with Crippen molar-refractivity contribution < 1.29 is 4.74 Å². The van der Waals surface area contributed by atoms with Crippen LogP contribution in [0.4, 0.5) is 5.69 Å². The molecule has 0 spiro atoms. The van der Waals surface area contributed by atoms with Crippen LogP contribution in [0.2, 0.25) is 0 Å². The SMILES string of the molecule is CCCOc1cccc(NCc2ccccn2)c1. The summed E-state index contributed by atoms with van der Waals surface area (Å²) < 4.78 is 5.59. The van der Waals surface area contributed by atoms with Gasteiger partial charge in [0.2, 0.25) is 0 Å². The Balaban J connectivity index is 1.93. The maximum atomic E-state index is 5.59. The summed E-state index contributed by atoms with van der Waals surface area (Å²) in [5.74, 6) is 0.905. The molecule has 0 aliphatic carbocycles. The van der Waals surface area contributed by atoms with Crippen molar-refractivity contribution in [3.63, 3.8) is 0 Å². The number of pyridine rings is 1. The average molecular weight is 242 g/mol. The predicted octanol–water partition coefficient (Wildman–Crippen LogP) is 3.48. The molecule has 1 aromatic carbocycles. The van der Waals surface area contributed by atoms with Gasteiger partial charge in [0.05, 0.1) is 18.8 Å². The van der Waals surface area contributed by atoms with Crippen LogP contribution in [0.25, 0.3) is 0 Å². The van der Waals surface area contributed by atoms with E-state index in [1.54, 1.807) is 6.20 Å². The fourth-order valence-corrected chi connectivity index (χ4v) is 1.61. The van der Waals surface area contributed by atoms with Crippen LogP contribution in [0, 0.1) is 0 Å². The number of aromatic nitrogens is 1. The molecule has 0 radical (unpaired) electrons. The van der Waals surface area contributed by atoms with Crippen molar-refractivity contribution in [2.45, 2.75) is 19.9 Å².